The van der Waals surface area contributed by atoms with E-state index in [0.29, 0.717) is 0 Å². The number of methoxy groups -OCH3 is 1. The van der Waals surface area contributed by atoms with Crippen LogP contribution in [0.1, 0.15) is 36.2 Å². The van der Waals surface area contributed by atoms with Crippen molar-refractivity contribution >= 4 is 29.2 Å². The fraction of sp³-hybridized carbons (Fsp3) is 0.579. The van der Waals surface area contributed by atoms with Crippen LogP contribution in [0.25, 0.3) is 0 Å². The number of hydrogen-bond acceptors (Lipinski definition) is 7. The van der Waals surface area contributed by atoms with Gasteiger partial charge in [-0.05, 0) is 49.1 Å². The first kappa shape index (κ1) is 20.5. The van der Waals surface area contributed by atoms with Crippen molar-refractivity contribution in [3.05, 3.63) is 29.1 Å². The predicted molar refractivity (Wildman–Crippen MR) is 103 cm³/mol. The summed E-state index contributed by atoms with van der Waals surface area (Å²) in [5, 5.41) is 2.81. The second-order valence-electron chi connectivity index (χ2n) is 7.54. The van der Waals surface area contributed by atoms with Crippen molar-refractivity contribution in [2.45, 2.75) is 31.7 Å². The maximum atomic E-state index is 15.0. The molecule has 3 aliphatic rings. The number of allylic oxidation sites excluding steroid dienone is 1. The van der Waals surface area contributed by atoms with E-state index in [9.17, 15) is 9.59 Å². The second-order valence-corrected chi connectivity index (χ2v) is 7.88. The number of hydrogen-bond donors (Lipinski definition) is 1. The van der Waals surface area contributed by atoms with Crippen molar-refractivity contribution in [3.8, 4) is 0 Å². The summed E-state index contributed by atoms with van der Waals surface area (Å²) in [6, 6.07) is -0.319. The molecule has 0 aromatic carbocycles. The summed E-state index contributed by atoms with van der Waals surface area (Å²) in [4.78, 5) is 34.0. The van der Waals surface area contributed by atoms with Gasteiger partial charge >= 0.3 is 5.97 Å². The third-order valence-electron chi connectivity index (χ3n) is 5.58. The molecule has 2 atom stereocenters. The highest BCUT2D eigenvalue weighted by molar-refractivity contribution is 6.28. The topological polar surface area (TPSA) is 84.4 Å². The van der Waals surface area contributed by atoms with Crippen LogP contribution < -0.4 is 5.32 Å². The molecule has 3 aliphatic carbocycles. The Bertz CT molecular complexity index is 794. The van der Waals surface area contributed by atoms with Gasteiger partial charge in [-0.1, -0.05) is 0 Å². The van der Waals surface area contributed by atoms with E-state index in [1.54, 1.807) is 19.0 Å². The predicted octanol–water partition coefficient (Wildman–Crippen LogP) is 2.92. The summed E-state index contributed by atoms with van der Waals surface area (Å²) < 4.78 is 20.0. The summed E-state index contributed by atoms with van der Waals surface area (Å²) in [6.07, 6.45) is 6.52. The molecule has 0 aliphatic heterocycles. The number of halogens is 2. The Morgan fingerprint density at radius 1 is 1.21 bits per heavy atom. The first-order valence-electron chi connectivity index (χ1n) is 9.28. The van der Waals surface area contributed by atoms with E-state index in [0.717, 1.165) is 25.7 Å². The lowest BCUT2D eigenvalue weighted by Gasteiger charge is -2.47. The van der Waals surface area contributed by atoms with Crippen LogP contribution in [0.5, 0.6) is 0 Å². The summed E-state index contributed by atoms with van der Waals surface area (Å²) in [5.41, 5.74) is -0.406. The van der Waals surface area contributed by atoms with Gasteiger partial charge < -0.3 is 15.0 Å². The first-order valence-corrected chi connectivity index (χ1v) is 9.66. The maximum Gasteiger partial charge on any atom is 0.311 e. The van der Waals surface area contributed by atoms with Crippen LogP contribution in [0.4, 0.5) is 10.2 Å². The number of rotatable bonds is 6. The van der Waals surface area contributed by atoms with E-state index in [-0.39, 0.29) is 40.9 Å². The standard InChI is InChI=1S/C19H24ClFN4O3/c1-25(2)9-8-12(26)16-14(21)17(24-19(20)23-16)22-15-11-6-4-10(5-7-11)13(15)18(27)28-3/h8-11,13,15H,4-7H2,1-3H3,(H,22,23,24)/b9-8+. The van der Waals surface area contributed by atoms with Gasteiger partial charge in [0.1, 0.15) is 0 Å². The molecule has 2 bridgehead atoms. The summed E-state index contributed by atoms with van der Waals surface area (Å²) in [6.45, 7) is 0. The van der Waals surface area contributed by atoms with Gasteiger partial charge in [-0.15, -0.1) is 0 Å². The Morgan fingerprint density at radius 2 is 1.86 bits per heavy atom. The zero-order valence-electron chi connectivity index (χ0n) is 16.1. The smallest absolute Gasteiger partial charge is 0.311 e. The minimum atomic E-state index is -0.872. The third-order valence-corrected chi connectivity index (χ3v) is 5.75. The molecule has 0 amide bonds. The minimum absolute atomic E-state index is 0.159. The first-order chi connectivity index (χ1) is 13.3. The lowest BCUT2D eigenvalue weighted by molar-refractivity contribution is -0.152. The van der Waals surface area contributed by atoms with E-state index in [4.69, 9.17) is 16.3 Å². The number of fused-ring (bicyclic) bond motifs is 3. The van der Waals surface area contributed by atoms with Crippen LogP contribution in [-0.4, -0.2) is 53.9 Å². The largest absolute Gasteiger partial charge is 0.469 e. The molecule has 3 saturated carbocycles. The van der Waals surface area contributed by atoms with Gasteiger partial charge in [-0.25, -0.2) is 9.37 Å². The quantitative estimate of drug-likeness (QED) is 0.334. The number of nitrogens with one attached hydrogen (secondary N) is 1. The van der Waals surface area contributed by atoms with Crippen LogP contribution in [0.15, 0.2) is 12.3 Å². The number of carbonyl (C=O) groups is 2. The van der Waals surface area contributed by atoms with E-state index < -0.39 is 17.3 Å². The molecular weight excluding hydrogens is 387 g/mol. The Kier molecular flexibility index (Phi) is 6.17. The maximum absolute atomic E-state index is 15.0. The number of carbonyl (C=O) groups excluding carboxylic acids is 2. The SMILES string of the molecule is COC(=O)C1C2CCC(CC2)C1Nc1nc(Cl)nc(C(=O)/C=C/N(C)C)c1F. The molecule has 9 heteroatoms. The van der Waals surface area contributed by atoms with Gasteiger partial charge in [0.05, 0.1) is 13.0 Å². The molecule has 0 saturated heterocycles. The number of ether oxygens (including phenoxy) is 1. The summed E-state index contributed by atoms with van der Waals surface area (Å²) in [5.74, 6) is -1.94. The zero-order chi connectivity index (χ0) is 20.4. The molecule has 3 fully saturated rings. The Balaban J connectivity index is 1.91. The van der Waals surface area contributed by atoms with Crippen LogP contribution in [0, 0.1) is 23.6 Å². The molecule has 1 aromatic heterocycles. The highest BCUT2D eigenvalue weighted by Crippen LogP contribution is 2.46. The molecule has 1 heterocycles. The van der Waals surface area contributed by atoms with Crippen LogP contribution in [-0.2, 0) is 9.53 Å². The van der Waals surface area contributed by atoms with E-state index in [1.165, 1.54) is 19.4 Å². The average molecular weight is 411 g/mol. The number of esters is 1. The number of ketones is 1. The van der Waals surface area contributed by atoms with Gasteiger partial charge in [0.15, 0.2) is 17.3 Å². The third kappa shape index (κ3) is 4.11. The van der Waals surface area contributed by atoms with Gasteiger partial charge in [0.25, 0.3) is 0 Å². The van der Waals surface area contributed by atoms with Crippen LogP contribution in [0.2, 0.25) is 5.28 Å². The van der Waals surface area contributed by atoms with Gasteiger partial charge in [0, 0.05) is 32.4 Å². The molecule has 1 aromatic rings. The van der Waals surface area contributed by atoms with Crippen LogP contribution >= 0.6 is 11.6 Å². The van der Waals surface area contributed by atoms with Crippen molar-refractivity contribution in [2.24, 2.45) is 17.8 Å². The van der Waals surface area contributed by atoms with Crippen molar-refractivity contribution in [1.29, 1.82) is 0 Å². The lowest BCUT2D eigenvalue weighted by Crippen LogP contribution is -2.52. The molecule has 28 heavy (non-hydrogen) atoms. The molecule has 7 nitrogen and oxygen atoms in total. The zero-order valence-corrected chi connectivity index (χ0v) is 16.9. The summed E-state index contributed by atoms with van der Waals surface area (Å²) >= 11 is 5.94. The monoisotopic (exact) mass is 410 g/mol. The molecule has 1 N–H and O–H groups in total. The molecule has 2 unspecified atom stereocenters. The highest BCUT2D eigenvalue weighted by atomic mass is 35.5. The van der Waals surface area contributed by atoms with Gasteiger partial charge in [0.2, 0.25) is 11.1 Å². The number of anilines is 1. The normalized spacial score (nSPS) is 26.3. The van der Waals surface area contributed by atoms with Crippen molar-refractivity contribution < 1.29 is 18.7 Å². The highest BCUT2D eigenvalue weighted by Gasteiger charge is 2.48. The molecular formula is C19H24ClFN4O3. The summed E-state index contributed by atoms with van der Waals surface area (Å²) in [7, 11) is 4.84. The molecule has 0 spiro atoms. The molecule has 4 rings (SSSR count). The average Bonchev–Trinajstić information content (AvgIpc) is 2.68. The molecule has 0 radical (unpaired) electrons. The van der Waals surface area contributed by atoms with Crippen molar-refractivity contribution in [1.82, 2.24) is 14.9 Å². The van der Waals surface area contributed by atoms with Crippen molar-refractivity contribution in [2.75, 3.05) is 26.5 Å². The number of nitrogens with zero attached hydrogens (tertiary/aromatic N) is 3. The Labute approximate surface area is 168 Å². The van der Waals surface area contributed by atoms with Crippen molar-refractivity contribution in [3.63, 3.8) is 0 Å². The van der Waals surface area contributed by atoms with Gasteiger partial charge in [-0.3, -0.25) is 9.59 Å². The number of aromatic nitrogens is 2. The van der Waals surface area contributed by atoms with Crippen LogP contribution in [0.3, 0.4) is 0 Å². The van der Waals surface area contributed by atoms with E-state index in [1.807, 2.05) is 0 Å². The Hall–Kier alpha value is -2.22. The van der Waals surface area contributed by atoms with E-state index >= 15 is 4.39 Å². The fourth-order valence-corrected chi connectivity index (χ4v) is 4.43. The second kappa shape index (κ2) is 8.43. The fourth-order valence-electron chi connectivity index (χ4n) is 4.26. The molecule has 152 valence electrons. The Morgan fingerprint density at radius 3 is 2.46 bits per heavy atom. The minimum Gasteiger partial charge on any atom is -0.469 e. The van der Waals surface area contributed by atoms with Gasteiger partial charge in [-0.2, -0.15) is 4.98 Å². The van der Waals surface area contributed by atoms with E-state index in [2.05, 4.69) is 15.3 Å². The lowest BCUT2D eigenvalue weighted by atomic mass is 9.61.